The number of ether oxygens (including phenoxy) is 2. The largest absolute Gasteiger partial charge is 0.486 e. The Bertz CT molecular complexity index is 3920. The number of carbonyl (C=O) groups is 6. The molecule has 9 heterocycles. The maximum atomic E-state index is 14.1. The van der Waals surface area contributed by atoms with Gasteiger partial charge in [-0.15, -0.1) is 5.10 Å². The molecule has 0 aliphatic carbocycles. The molecule has 6 fully saturated rings. The summed E-state index contributed by atoms with van der Waals surface area (Å²) in [5.41, 5.74) is 20.3. The molecule has 100 heavy (non-hydrogen) atoms. The van der Waals surface area contributed by atoms with Crippen LogP contribution in [0.25, 0.3) is 0 Å². The Labute approximate surface area is 569 Å². The predicted octanol–water partition coefficient (Wildman–Crippen LogP) is 6.73. The molecule has 6 saturated heterocycles. The number of aromatic nitrogens is 4. The average Bonchev–Trinajstić information content (AvgIpc) is 1.62. The van der Waals surface area contributed by atoms with E-state index in [1.807, 2.05) is 14.7 Å². The van der Waals surface area contributed by atoms with Crippen LogP contribution in [0.4, 0.5) is 39.5 Å². The predicted molar refractivity (Wildman–Crippen MR) is 343 cm³/mol. The van der Waals surface area contributed by atoms with Crippen LogP contribution in [-0.2, 0) is 44.9 Å². The molecule has 534 valence electrons. The van der Waals surface area contributed by atoms with E-state index in [4.69, 9.17) is 26.7 Å². The molecule has 6 aromatic rings. The molecule has 7 aliphatic rings. The molecule has 30 heteroatoms. The summed E-state index contributed by atoms with van der Waals surface area (Å²) in [6.45, 7) is 0.400. The van der Waals surface area contributed by atoms with Crippen molar-refractivity contribution in [1.29, 1.82) is 0 Å². The van der Waals surface area contributed by atoms with E-state index >= 15 is 0 Å². The van der Waals surface area contributed by atoms with Crippen molar-refractivity contribution < 1.29 is 77.8 Å². The number of carbonyl (C=O) groups excluding carboxylic acids is 6. The first kappa shape index (κ1) is 72.1. The van der Waals surface area contributed by atoms with Gasteiger partial charge in [-0.05, 0) is 173 Å². The number of hydrogen-bond donors (Lipinski definition) is 7. The highest BCUT2D eigenvalue weighted by Gasteiger charge is 2.47. The van der Waals surface area contributed by atoms with Crippen molar-refractivity contribution in [3.63, 3.8) is 0 Å². The SMILES string of the molecule is N[C@H](Cc1cc(F)c(F)cc1F)C1C[C@H]2CC[C@@H](C1)N2C(=O)CNC(=O)Cc1cnc[nH]1.N[C@H](Cc1cc(F)c(F)cc1F)C1C[C@H]2CC[C@@H](C1)N2C(=O)CNC(=O)c1cccc2c1OCCO2.N[C@H](Cc1cc(F)c(F)cc1F)C1C[C@H]2CC[C@@H](C1)N2C(=O)CNC(=O)c1cccnn1. The summed E-state index contributed by atoms with van der Waals surface area (Å²) in [5, 5.41) is 15.3. The first-order valence-corrected chi connectivity index (χ1v) is 33.5. The van der Waals surface area contributed by atoms with Gasteiger partial charge in [-0.3, -0.25) is 28.8 Å². The van der Waals surface area contributed by atoms with Crippen LogP contribution in [0.15, 0.2) is 85.5 Å². The van der Waals surface area contributed by atoms with E-state index in [1.165, 1.54) is 18.6 Å². The number of H-pyrrole nitrogens is 1. The Morgan fingerprint density at radius 1 is 0.500 bits per heavy atom. The number of halogens is 9. The van der Waals surface area contributed by atoms with Crippen molar-refractivity contribution in [3.8, 4) is 11.5 Å². The highest BCUT2D eigenvalue weighted by molar-refractivity contribution is 5.99. The summed E-state index contributed by atoms with van der Waals surface area (Å²) in [4.78, 5) is 87.7. The molecule has 21 nitrogen and oxygen atoms in total. The van der Waals surface area contributed by atoms with Gasteiger partial charge in [0.2, 0.25) is 23.6 Å². The highest BCUT2D eigenvalue weighted by Crippen LogP contribution is 2.43. The van der Waals surface area contributed by atoms with Crippen molar-refractivity contribution >= 4 is 35.4 Å². The number of hydrogen-bond acceptors (Lipinski definition) is 14. The van der Waals surface area contributed by atoms with Gasteiger partial charge in [0, 0.05) is 90.7 Å². The second kappa shape index (κ2) is 32.0. The second-order valence-corrected chi connectivity index (χ2v) is 26.8. The molecule has 3 unspecified atom stereocenters. The number of fused-ring (bicyclic) bond motifs is 7. The van der Waals surface area contributed by atoms with Crippen LogP contribution in [0.1, 0.15) is 120 Å². The summed E-state index contributed by atoms with van der Waals surface area (Å²) in [7, 11) is 0. The lowest BCUT2D eigenvalue weighted by Gasteiger charge is -2.41. The fourth-order valence-corrected chi connectivity index (χ4v) is 15.6. The van der Waals surface area contributed by atoms with Gasteiger partial charge in [0.1, 0.15) is 30.7 Å². The van der Waals surface area contributed by atoms with E-state index in [2.05, 4.69) is 36.1 Å². The summed E-state index contributed by atoms with van der Waals surface area (Å²) in [5.74, 6) is -10.1. The topological polar surface area (TPSA) is 299 Å². The number of nitrogens with two attached hydrogens (primary N) is 3. The summed E-state index contributed by atoms with van der Waals surface area (Å²) in [6.07, 6.45) is 13.8. The van der Waals surface area contributed by atoms with Gasteiger partial charge in [0.15, 0.2) is 52.1 Å². The van der Waals surface area contributed by atoms with Gasteiger partial charge >= 0.3 is 0 Å². The smallest absolute Gasteiger partial charge is 0.272 e. The van der Waals surface area contributed by atoms with E-state index in [9.17, 15) is 68.3 Å². The lowest BCUT2D eigenvalue weighted by Crippen LogP contribution is -2.52. The van der Waals surface area contributed by atoms with Gasteiger partial charge in [-0.2, -0.15) is 5.10 Å². The molecule has 7 aliphatic heterocycles. The third-order valence-corrected chi connectivity index (χ3v) is 20.4. The van der Waals surface area contributed by atoms with Crippen molar-refractivity contribution in [2.75, 3.05) is 32.8 Å². The van der Waals surface area contributed by atoms with Gasteiger partial charge in [-0.25, -0.2) is 44.5 Å². The van der Waals surface area contributed by atoms with E-state index < -0.39 is 82.3 Å². The number of piperidine rings is 3. The minimum Gasteiger partial charge on any atom is -0.486 e. The third kappa shape index (κ3) is 17.0. The Kier molecular flexibility index (Phi) is 23.1. The zero-order valence-electron chi connectivity index (χ0n) is 54.4. The Balaban J connectivity index is 0.000000152. The van der Waals surface area contributed by atoms with Crippen molar-refractivity contribution in [2.45, 2.75) is 157 Å². The fourth-order valence-electron chi connectivity index (χ4n) is 15.6. The zero-order chi connectivity index (χ0) is 71.1. The number of amides is 6. The highest BCUT2D eigenvalue weighted by atomic mass is 19.2. The Morgan fingerprint density at radius 2 is 0.900 bits per heavy atom. The van der Waals surface area contributed by atoms with Crippen molar-refractivity contribution in [3.05, 3.63) is 171 Å². The number of aromatic amines is 1. The quantitative estimate of drug-likeness (QED) is 0.0327. The van der Waals surface area contributed by atoms with Crippen LogP contribution < -0.4 is 42.6 Å². The zero-order valence-corrected chi connectivity index (χ0v) is 54.4. The van der Waals surface area contributed by atoms with Crippen LogP contribution in [0.2, 0.25) is 0 Å². The van der Waals surface area contributed by atoms with Gasteiger partial charge < -0.3 is 62.3 Å². The standard InChI is InChI=1S/C26H28F3N3O4.C22H26F3N5O2.C22H24F3N5O2/c27-19-12-21(29)20(28)10-14(19)11-22(30)15-8-16-4-5-17(9-15)32(16)24(33)13-31-26(34)18-2-1-3-23-25(18)36-7-6-35-23;23-17-8-19(25)18(24)5-12(17)6-20(26)13-3-15-1-2-16(4-13)30(15)22(32)10-28-21(31)7-14-9-27-11-29-14;23-16-10-18(25)17(24)8-12(16)9-19(26)13-6-14-3-4-15(7-13)30(14)21(31)11-27-22(32)20-2-1-5-28-29-20/h1-3,10,12,15-17,22H,4-9,11,13,30H2,(H,31,34);5,8-9,11,13,15-16,20H,1-4,6-7,10,26H2,(H,27,29)(H,28,31);1-2,5,8,10,13-15,19H,3-4,6-7,9,11,26H2,(H,27,32)/t15?,16-,17+,22-;13?,15-,16+,20-;13?,14-,15+,19-/m111/s1. The summed E-state index contributed by atoms with van der Waals surface area (Å²) in [6, 6.07) is 11.0. The molecule has 2 aromatic heterocycles. The van der Waals surface area contributed by atoms with E-state index in [1.54, 1.807) is 30.5 Å². The molecule has 10 N–H and O–H groups in total. The fraction of sp³-hybridized carbons (Fsp3) is 0.471. The molecule has 6 amide bonds. The van der Waals surface area contributed by atoms with Gasteiger partial charge in [0.05, 0.1) is 37.9 Å². The maximum absolute atomic E-state index is 14.1. The molecule has 0 saturated carbocycles. The molecular formula is C70H78F9N13O8. The normalized spacial score (nSPS) is 23.2. The van der Waals surface area contributed by atoms with Crippen LogP contribution in [-0.4, -0.2) is 158 Å². The lowest BCUT2D eigenvalue weighted by molar-refractivity contribution is -0.137. The monoisotopic (exact) mass is 1400 g/mol. The van der Waals surface area contributed by atoms with E-state index in [0.29, 0.717) is 92.7 Å². The molecule has 4 aromatic carbocycles. The number of rotatable bonds is 19. The van der Waals surface area contributed by atoms with Crippen LogP contribution >= 0.6 is 0 Å². The second-order valence-electron chi connectivity index (χ2n) is 26.8. The molecule has 13 rings (SSSR count). The lowest BCUT2D eigenvalue weighted by atomic mass is 9.82. The molecule has 0 spiro atoms. The third-order valence-electron chi connectivity index (χ3n) is 20.4. The summed E-state index contributed by atoms with van der Waals surface area (Å²) >= 11 is 0. The average molecular weight is 1400 g/mol. The summed E-state index contributed by atoms with van der Waals surface area (Å²) < 4.78 is 133. The molecule has 6 bridgehead atoms. The van der Waals surface area contributed by atoms with Gasteiger partial charge in [0.25, 0.3) is 11.8 Å². The van der Waals surface area contributed by atoms with Gasteiger partial charge in [-0.1, -0.05) is 6.07 Å². The Morgan fingerprint density at radius 3 is 1.30 bits per heavy atom. The van der Waals surface area contributed by atoms with E-state index in [-0.39, 0.29) is 145 Å². The Hall–Kier alpha value is -9.16. The van der Waals surface area contributed by atoms with Crippen LogP contribution in [0.5, 0.6) is 11.5 Å². The minimum atomic E-state index is -1.23. The van der Waals surface area contributed by atoms with Crippen LogP contribution in [0, 0.1) is 70.1 Å². The molecule has 12 atom stereocenters. The van der Waals surface area contributed by atoms with E-state index in [0.717, 1.165) is 56.7 Å². The minimum absolute atomic E-state index is 0.0107. The number of benzene rings is 4. The maximum Gasteiger partial charge on any atom is 0.272 e. The van der Waals surface area contributed by atoms with Crippen molar-refractivity contribution in [1.82, 2.24) is 50.8 Å². The van der Waals surface area contributed by atoms with Crippen molar-refractivity contribution in [2.24, 2.45) is 35.0 Å². The first-order chi connectivity index (χ1) is 48.0. The molecular weight excluding hydrogens is 1320 g/mol. The first-order valence-electron chi connectivity index (χ1n) is 33.5. The van der Waals surface area contributed by atoms with Crippen LogP contribution in [0.3, 0.4) is 0 Å². The number of nitrogens with one attached hydrogen (secondary N) is 4. The number of nitrogens with zero attached hydrogens (tertiary/aromatic N) is 6. The number of para-hydroxylation sites is 1. The number of imidazole rings is 1. The molecule has 0 radical (unpaired) electrons.